The lowest BCUT2D eigenvalue weighted by molar-refractivity contribution is 0.869. The van der Waals surface area contributed by atoms with Crippen LogP contribution in [0.4, 0.5) is 0 Å². The molecule has 2 aromatic rings. The molecule has 0 saturated heterocycles. The highest BCUT2D eigenvalue weighted by Gasteiger charge is 2.14. The zero-order valence-electron chi connectivity index (χ0n) is 10.9. The molecule has 0 nitrogen and oxygen atoms in total. The summed E-state index contributed by atoms with van der Waals surface area (Å²) in [5.74, 6) is 0.548. The molecule has 0 atom stereocenters. The Balaban J connectivity index is 2.22. The highest BCUT2D eigenvalue weighted by molar-refractivity contribution is 5.82. The molecule has 18 heavy (non-hydrogen) atoms. The first kappa shape index (κ1) is 11.3. The predicted octanol–water partition coefficient (Wildman–Crippen LogP) is 5.06. The molecule has 3 rings (SSSR count). The summed E-state index contributed by atoms with van der Waals surface area (Å²) < 4.78 is 0. The minimum atomic E-state index is 0.548. The van der Waals surface area contributed by atoms with Crippen molar-refractivity contribution in [3.63, 3.8) is 0 Å². The third-order valence-corrected chi connectivity index (χ3v) is 3.55. The van der Waals surface area contributed by atoms with Gasteiger partial charge in [-0.05, 0) is 33.7 Å². The Labute approximate surface area is 109 Å². The molecule has 0 fully saturated rings. The van der Waals surface area contributed by atoms with Crippen LogP contribution in [0.1, 0.15) is 36.5 Å². The van der Waals surface area contributed by atoms with E-state index >= 15 is 0 Å². The van der Waals surface area contributed by atoms with Gasteiger partial charge in [0.2, 0.25) is 0 Å². The van der Waals surface area contributed by atoms with Gasteiger partial charge in [0.15, 0.2) is 0 Å². The molecule has 0 heteroatoms. The summed E-state index contributed by atoms with van der Waals surface area (Å²) >= 11 is 0. The van der Waals surface area contributed by atoms with Crippen molar-refractivity contribution in [1.82, 2.24) is 0 Å². The maximum absolute atomic E-state index is 2.25. The maximum Gasteiger partial charge on any atom is 0.0131 e. The van der Waals surface area contributed by atoms with E-state index < -0.39 is 0 Å². The molecular weight excluding hydrogens is 216 g/mol. The minimum Gasteiger partial charge on any atom is -0.0754 e. The van der Waals surface area contributed by atoms with Crippen LogP contribution in [0, 0.1) is 6.42 Å². The second kappa shape index (κ2) is 4.45. The van der Waals surface area contributed by atoms with E-state index in [1.54, 1.807) is 0 Å². The predicted molar refractivity (Wildman–Crippen MR) is 78.4 cm³/mol. The number of allylic oxidation sites excluding steroid dienone is 1. The molecule has 0 spiro atoms. The molecule has 0 unspecified atom stereocenters. The van der Waals surface area contributed by atoms with E-state index in [-0.39, 0.29) is 0 Å². The van der Waals surface area contributed by atoms with Crippen molar-refractivity contribution >= 4 is 6.08 Å². The molecule has 2 aromatic carbocycles. The first-order valence-corrected chi connectivity index (χ1v) is 6.51. The fraction of sp³-hybridized carbons (Fsp3) is 0.167. The molecule has 0 N–H and O–H groups in total. The summed E-state index contributed by atoms with van der Waals surface area (Å²) in [6, 6.07) is 15.3. The Hall–Kier alpha value is -1.82. The Morgan fingerprint density at radius 1 is 0.833 bits per heavy atom. The molecule has 0 heterocycles. The Morgan fingerprint density at radius 2 is 1.61 bits per heavy atom. The summed E-state index contributed by atoms with van der Waals surface area (Å²) in [6.07, 6.45) is 6.52. The normalized spacial score (nSPS) is 13.1. The first-order chi connectivity index (χ1) is 8.77. The van der Waals surface area contributed by atoms with Crippen LogP contribution in [-0.2, 0) is 0 Å². The molecule has 0 aliphatic heterocycles. The average molecular weight is 233 g/mol. The largest absolute Gasteiger partial charge is 0.0754 e. The second-order valence-electron chi connectivity index (χ2n) is 5.08. The highest BCUT2D eigenvalue weighted by atomic mass is 14.2. The molecule has 0 saturated carbocycles. The maximum atomic E-state index is 2.25. The quantitative estimate of drug-likeness (QED) is 0.680. The summed E-state index contributed by atoms with van der Waals surface area (Å²) in [4.78, 5) is 0. The molecule has 1 aliphatic carbocycles. The van der Waals surface area contributed by atoms with Crippen LogP contribution in [0.3, 0.4) is 0 Å². The molecule has 0 bridgehead atoms. The topological polar surface area (TPSA) is 0 Å². The lowest BCUT2D eigenvalue weighted by Crippen LogP contribution is -1.94. The van der Waals surface area contributed by atoms with Gasteiger partial charge in [0, 0.05) is 6.42 Å². The number of fused-ring (bicyclic) bond motifs is 1. The van der Waals surface area contributed by atoms with Crippen LogP contribution in [-0.4, -0.2) is 0 Å². The van der Waals surface area contributed by atoms with Gasteiger partial charge < -0.3 is 0 Å². The second-order valence-corrected chi connectivity index (χ2v) is 5.08. The molecule has 1 radical (unpaired) electrons. The van der Waals surface area contributed by atoms with Gasteiger partial charge in [-0.15, -0.1) is 0 Å². The van der Waals surface area contributed by atoms with E-state index in [9.17, 15) is 0 Å². The van der Waals surface area contributed by atoms with Crippen molar-refractivity contribution in [2.45, 2.75) is 19.8 Å². The van der Waals surface area contributed by atoms with Gasteiger partial charge in [0.05, 0.1) is 0 Å². The van der Waals surface area contributed by atoms with Gasteiger partial charge >= 0.3 is 0 Å². The Kier molecular flexibility index (Phi) is 2.79. The van der Waals surface area contributed by atoms with Crippen molar-refractivity contribution in [2.24, 2.45) is 0 Å². The van der Waals surface area contributed by atoms with E-state index in [1.807, 2.05) is 0 Å². The fourth-order valence-electron chi connectivity index (χ4n) is 2.64. The zero-order valence-corrected chi connectivity index (χ0v) is 10.9. The third kappa shape index (κ3) is 1.78. The van der Waals surface area contributed by atoms with Crippen LogP contribution in [0.15, 0.2) is 48.5 Å². The van der Waals surface area contributed by atoms with Crippen LogP contribution in [0.25, 0.3) is 17.2 Å². The summed E-state index contributed by atoms with van der Waals surface area (Å²) in [7, 11) is 0. The van der Waals surface area contributed by atoms with E-state index in [2.05, 4.69) is 74.9 Å². The van der Waals surface area contributed by atoms with Gasteiger partial charge in [0.25, 0.3) is 0 Å². The van der Waals surface area contributed by atoms with Crippen molar-refractivity contribution in [3.05, 3.63) is 71.7 Å². The van der Waals surface area contributed by atoms with Gasteiger partial charge in [-0.2, -0.15) is 0 Å². The SMILES string of the molecule is CC(C)c1ccccc1-c1cccc2c1C=C[CH]2. The van der Waals surface area contributed by atoms with E-state index in [0.717, 1.165) is 0 Å². The monoisotopic (exact) mass is 233 g/mol. The van der Waals surface area contributed by atoms with Crippen molar-refractivity contribution in [1.29, 1.82) is 0 Å². The van der Waals surface area contributed by atoms with E-state index in [1.165, 1.54) is 27.8 Å². The molecule has 0 amide bonds. The number of hydrogen-bond donors (Lipinski definition) is 0. The first-order valence-electron chi connectivity index (χ1n) is 6.51. The molecule has 89 valence electrons. The van der Waals surface area contributed by atoms with Gasteiger partial charge in [-0.3, -0.25) is 0 Å². The van der Waals surface area contributed by atoms with Gasteiger partial charge in [0.1, 0.15) is 0 Å². The van der Waals surface area contributed by atoms with Crippen LogP contribution in [0.2, 0.25) is 0 Å². The smallest absolute Gasteiger partial charge is 0.0131 e. The minimum absolute atomic E-state index is 0.548. The number of benzene rings is 2. The third-order valence-electron chi connectivity index (χ3n) is 3.55. The lowest BCUT2D eigenvalue weighted by atomic mass is 9.89. The van der Waals surface area contributed by atoms with Crippen LogP contribution in [0.5, 0.6) is 0 Å². The Bertz CT molecular complexity index is 603. The van der Waals surface area contributed by atoms with Gasteiger partial charge in [-0.1, -0.05) is 68.5 Å². The molecule has 0 aromatic heterocycles. The van der Waals surface area contributed by atoms with Crippen LogP contribution < -0.4 is 0 Å². The van der Waals surface area contributed by atoms with Crippen LogP contribution >= 0.6 is 0 Å². The Morgan fingerprint density at radius 3 is 2.44 bits per heavy atom. The lowest BCUT2D eigenvalue weighted by Gasteiger charge is -2.15. The summed E-state index contributed by atoms with van der Waals surface area (Å²) in [5, 5.41) is 0. The molecular formula is C18H17. The fourth-order valence-corrected chi connectivity index (χ4v) is 2.64. The van der Waals surface area contributed by atoms with E-state index in [0.29, 0.717) is 5.92 Å². The van der Waals surface area contributed by atoms with Crippen molar-refractivity contribution < 1.29 is 0 Å². The number of hydrogen-bond acceptors (Lipinski definition) is 0. The zero-order chi connectivity index (χ0) is 12.5. The van der Waals surface area contributed by atoms with E-state index in [4.69, 9.17) is 0 Å². The highest BCUT2D eigenvalue weighted by Crippen LogP contribution is 2.35. The summed E-state index contributed by atoms with van der Waals surface area (Å²) in [6.45, 7) is 4.51. The standard InChI is InChI=1S/C18H17/c1-13(2)15-9-3-4-10-17(15)18-12-6-8-14-7-5-11-16(14)18/h3-13H,1-2H3. The average Bonchev–Trinajstić information content (AvgIpc) is 2.86. The molecule has 1 aliphatic rings. The summed E-state index contributed by atoms with van der Waals surface area (Å²) in [5.41, 5.74) is 6.81. The number of rotatable bonds is 2. The van der Waals surface area contributed by atoms with Crippen molar-refractivity contribution in [3.8, 4) is 11.1 Å². The van der Waals surface area contributed by atoms with Gasteiger partial charge in [-0.25, -0.2) is 0 Å². The van der Waals surface area contributed by atoms with Crippen molar-refractivity contribution in [2.75, 3.05) is 0 Å².